The lowest BCUT2D eigenvalue weighted by Gasteiger charge is -2.16. The number of aromatic nitrogens is 7. The summed E-state index contributed by atoms with van der Waals surface area (Å²) in [5, 5.41) is 19.4. The number of carbonyl (C=O) groups excluding carboxylic acids is 2. The predicted octanol–water partition coefficient (Wildman–Crippen LogP) is 5.97. The van der Waals surface area contributed by atoms with Crippen LogP contribution in [0.25, 0.3) is 5.82 Å². The van der Waals surface area contributed by atoms with E-state index in [9.17, 15) is 35.9 Å². The fraction of sp³-hybridized carbons (Fsp3) is 0.179. The Hall–Kier alpha value is -4.79. The van der Waals surface area contributed by atoms with Gasteiger partial charge in [-0.3, -0.25) is 9.59 Å². The number of amides is 2. The predicted molar refractivity (Wildman–Crippen MR) is 164 cm³/mol. The zero-order valence-corrected chi connectivity index (χ0v) is 27.0. The number of nitrogens with zero attached hydrogens (tertiary/aromatic N) is 7. The van der Waals surface area contributed by atoms with Gasteiger partial charge in [-0.05, 0) is 88.3 Å². The molecule has 2 aromatic carbocycles. The number of carbonyl (C=O) groups is 2. The first-order valence-corrected chi connectivity index (χ1v) is 14.8. The Bertz CT molecular complexity index is 2000. The van der Waals surface area contributed by atoms with Crippen molar-refractivity contribution in [3.8, 4) is 11.6 Å². The molecule has 2 N–H and O–H groups in total. The maximum absolute atomic E-state index is 13.8. The van der Waals surface area contributed by atoms with Gasteiger partial charge in [-0.1, -0.05) is 23.7 Å². The van der Waals surface area contributed by atoms with Crippen LogP contribution in [-0.2, 0) is 19.3 Å². The van der Waals surface area contributed by atoms with Crippen molar-refractivity contribution >= 4 is 51.7 Å². The van der Waals surface area contributed by atoms with Gasteiger partial charge >= 0.3 is 12.5 Å². The van der Waals surface area contributed by atoms with Crippen LogP contribution in [0, 0.1) is 10.5 Å². The number of aryl methyl sites for hydroxylation is 1. The molecule has 0 aliphatic carbocycles. The molecule has 48 heavy (non-hydrogen) atoms. The molecule has 0 fully saturated rings. The van der Waals surface area contributed by atoms with Crippen molar-refractivity contribution in [2.45, 2.75) is 32.6 Å². The Morgan fingerprint density at radius 2 is 1.77 bits per heavy atom. The summed E-state index contributed by atoms with van der Waals surface area (Å²) >= 11 is 8.29. The molecule has 0 radical (unpaired) electrons. The van der Waals surface area contributed by atoms with Crippen molar-refractivity contribution in [1.82, 2.24) is 40.3 Å². The van der Waals surface area contributed by atoms with E-state index in [0.29, 0.717) is 19.5 Å². The third-order valence-electron chi connectivity index (χ3n) is 6.31. The van der Waals surface area contributed by atoms with E-state index in [1.54, 1.807) is 13.0 Å². The van der Waals surface area contributed by atoms with E-state index in [0.717, 1.165) is 16.8 Å². The van der Waals surface area contributed by atoms with E-state index in [4.69, 9.17) is 11.6 Å². The normalized spacial score (nSPS) is 11.8. The number of halogens is 8. The first-order chi connectivity index (χ1) is 22.6. The number of rotatable bonds is 9. The number of anilines is 1. The molecule has 0 aliphatic rings. The molecule has 250 valence electrons. The number of tetrazole rings is 1. The molecular weight excluding hydrogens is 787 g/mol. The minimum absolute atomic E-state index is 0.0205. The Balaban J connectivity index is 1.43. The van der Waals surface area contributed by atoms with Crippen molar-refractivity contribution in [2.24, 2.45) is 0 Å². The highest BCUT2D eigenvalue weighted by Crippen LogP contribution is 2.28. The second kappa shape index (κ2) is 13.7. The van der Waals surface area contributed by atoms with Crippen LogP contribution in [-0.4, -0.2) is 53.1 Å². The summed E-state index contributed by atoms with van der Waals surface area (Å²) in [5.74, 6) is -3.36. The molecule has 0 atom stereocenters. The number of hydrogen-bond donors (Lipinski definition) is 2. The summed E-state index contributed by atoms with van der Waals surface area (Å²) in [6, 6.07) is 12.5. The molecule has 5 rings (SSSR count). The van der Waals surface area contributed by atoms with E-state index in [-0.39, 0.29) is 40.0 Å². The summed E-state index contributed by atoms with van der Waals surface area (Å²) < 4.78 is 82.6. The molecule has 2 amide bonds. The zero-order chi connectivity index (χ0) is 34.8. The molecule has 0 aliphatic heterocycles. The number of nitrogens with one attached hydrogen (secondary N) is 2. The van der Waals surface area contributed by atoms with Gasteiger partial charge in [-0.25, -0.2) is 9.67 Å². The molecule has 0 unspecified atom stereocenters. The van der Waals surface area contributed by atoms with Gasteiger partial charge in [0.15, 0.2) is 5.82 Å². The molecule has 5 aromatic rings. The zero-order valence-electron chi connectivity index (χ0n) is 24.1. The Morgan fingerprint density at radius 3 is 2.46 bits per heavy atom. The average molecular weight is 806 g/mol. The Kier molecular flexibility index (Phi) is 9.89. The van der Waals surface area contributed by atoms with Crippen LogP contribution in [0.4, 0.5) is 32.0 Å². The van der Waals surface area contributed by atoms with E-state index < -0.39 is 42.5 Å². The smallest absolute Gasteiger partial charge is 0.406 e. The second-order valence-corrected chi connectivity index (χ2v) is 11.5. The second-order valence-electron chi connectivity index (χ2n) is 9.86. The summed E-state index contributed by atoms with van der Waals surface area (Å²) in [6.45, 7) is 1.05. The molecule has 0 bridgehead atoms. The Labute approximate surface area is 284 Å². The van der Waals surface area contributed by atoms with Crippen LogP contribution in [0.5, 0.6) is 5.75 Å². The average Bonchev–Trinajstić information content (AvgIpc) is 3.64. The highest BCUT2D eigenvalue weighted by atomic mass is 127. The minimum atomic E-state index is -4.89. The van der Waals surface area contributed by atoms with Crippen LogP contribution < -0.4 is 15.4 Å². The monoisotopic (exact) mass is 805 g/mol. The van der Waals surface area contributed by atoms with Gasteiger partial charge in [0.25, 0.3) is 17.6 Å². The molecular formula is C28H19ClF6IN9O3. The van der Waals surface area contributed by atoms with Crippen LogP contribution >= 0.6 is 34.2 Å². The van der Waals surface area contributed by atoms with E-state index in [1.165, 1.54) is 42.6 Å². The summed E-state index contributed by atoms with van der Waals surface area (Å²) in [6.07, 6.45) is -8.34. The maximum atomic E-state index is 13.8. The first kappa shape index (κ1) is 34.5. The number of benzene rings is 2. The lowest BCUT2D eigenvalue weighted by molar-refractivity contribution is -0.274. The van der Waals surface area contributed by atoms with Gasteiger partial charge in [0.05, 0.1) is 22.0 Å². The van der Waals surface area contributed by atoms with Crippen molar-refractivity contribution in [3.63, 3.8) is 0 Å². The quantitative estimate of drug-likeness (QED) is 0.137. The molecule has 0 spiro atoms. The lowest BCUT2D eigenvalue weighted by Crippen LogP contribution is -2.26. The standard InChI is InChI=1S/C28H19ClF6IN9O3/c1-14-8-16(36)10-19(24(46)38-12-15-4-2-5-18(9-15)48-28(33,34)35)22(14)39-25(47)21-11-17(13-44-42-26(40-43-44)27(30,31)32)41-45(21)23-20(29)6-3-7-37-23/h2-11H,12-13H2,1H3,(H,38,46)(H,39,47). The number of ether oxygens (including phenoxy) is 1. The van der Waals surface area contributed by atoms with Crippen LogP contribution in [0.3, 0.4) is 0 Å². The molecule has 20 heteroatoms. The van der Waals surface area contributed by atoms with Crippen molar-refractivity contribution in [1.29, 1.82) is 0 Å². The van der Waals surface area contributed by atoms with Gasteiger partial charge in [0, 0.05) is 16.3 Å². The Morgan fingerprint density at radius 1 is 1.00 bits per heavy atom. The van der Waals surface area contributed by atoms with Crippen LogP contribution in [0.15, 0.2) is 60.8 Å². The molecule has 3 heterocycles. The minimum Gasteiger partial charge on any atom is -0.406 e. The van der Waals surface area contributed by atoms with Crippen molar-refractivity contribution < 1.29 is 40.7 Å². The first-order valence-electron chi connectivity index (χ1n) is 13.4. The topological polar surface area (TPSA) is 142 Å². The summed E-state index contributed by atoms with van der Waals surface area (Å²) in [5.41, 5.74) is 0.806. The molecule has 0 saturated heterocycles. The van der Waals surface area contributed by atoms with Gasteiger partial charge in [-0.2, -0.15) is 23.1 Å². The van der Waals surface area contributed by atoms with E-state index >= 15 is 0 Å². The summed E-state index contributed by atoms with van der Waals surface area (Å²) in [7, 11) is 0. The highest BCUT2D eigenvalue weighted by Gasteiger charge is 2.37. The molecule has 3 aromatic heterocycles. The largest absolute Gasteiger partial charge is 0.573 e. The van der Waals surface area contributed by atoms with Gasteiger partial charge in [-0.15, -0.1) is 23.4 Å². The van der Waals surface area contributed by atoms with Crippen molar-refractivity contribution in [2.75, 3.05) is 5.32 Å². The maximum Gasteiger partial charge on any atom is 0.573 e. The van der Waals surface area contributed by atoms with Gasteiger partial charge < -0.3 is 15.4 Å². The fourth-order valence-electron chi connectivity index (χ4n) is 4.33. The third-order valence-corrected chi connectivity index (χ3v) is 7.23. The number of pyridine rings is 1. The van der Waals surface area contributed by atoms with Gasteiger partial charge in [0.2, 0.25) is 0 Å². The van der Waals surface area contributed by atoms with Crippen LogP contribution in [0.2, 0.25) is 5.02 Å². The SMILES string of the molecule is Cc1cc(I)cc(C(=O)NCc2cccc(OC(F)(F)F)c2)c1NC(=O)c1cc(Cn2nnc(C(F)(F)F)n2)nn1-c1ncccc1Cl. The van der Waals surface area contributed by atoms with Crippen molar-refractivity contribution in [3.05, 3.63) is 103 Å². The highest BCUT2D eigenvalue weighted by molar-refractivity contribution is 14.1. The molecule has 0 saturated carbocycles. The summed E-state index contributed by atoms with van der Waals surface area (Å²) in [4.78, 5) is 32.0. The fourth-order valence-corrected chi connectivity index (χ4v) is 5.31. The molecule has 12 nitrogen and oxygen atoms in total. The van der Waals surface area contributed by atoms with Gasteiger partial charge in [0.1, 0.15) is 18.0 Å². The van der Waals surface area contributed by atoms with E-state index in [2.05, 4.69) is 40.9 Å². The van der Waals surface area contributed by atoms with E-state index in [1.807, 2.05) is 22.6 Å². The number of alkyl halides is 6. The third kappa shape index (κ3) is 8.37. The lowest BCUT2D eigenvalue weighted by atomic mass is 10.1. The number of hydrogen-bond acceptors (Lipinski definition) is 8. The van der Waals surface area contributed by atoms with Crippen LogP contribution in [0.1, 0.15) is 43.5 Å².